The number of nitrogens with one attached hydrogen (secondary N) is 2. The number of anilines is 1. The lowest BCUT2D eigenvalue weighted by Gasteiger charge is -2.14. The van der Waals surface area contributed by atoms with Crippen LogP contribution in [0.5, 0.6) is 0 Å². The number of nitrogens with zero attached hydrogens (tertiary/aromatic N) is 4. The molecule has 0 radical (unpaired) electrons. The number of hydrogen-bond acceptors (Lipinski definition) is 5. The molecule has 0 aliphatic carbocycles. The van der Waals surface area contributed by atoms with Crippen LogP contribution in [0.1, 0.15) is 28.5 Å². The molecule has 2 heterocycles. The topological polar surface area (TPSA) is 93.8 Å². The Bertz CT molecular complexity index is 1300. The summed E-state index contributed by atoms with van der Waals surface area (Å²) in [7, 11) is 0. The van der Waals surface area contributed by atoms with Gasteiger partial charge in [0.25, 0.3) is 11.5 Å². The maximum absolute atomic E-state index is 12.8. The Morgan fingerprint density at radius 1 is 1.07 bits per heavy atom. The highest BCUT2D eigenvalue weighted by Gasteiger charge is 2.17. The molecule has 152 valence electrons. The van der Waals surface area contributed by atoms with Gasteiger partial charge in [0.2, 0.25) is 5.95 Å². The summed E-state index contributed by atoms with van der Waals surface area (Å²) < 4.78 is 3.21. The molecule has 30 heavy (non-hydrogen) atoms. The fourth-order valence-corrected chi connectivity index (χ4v) is 3.41. The van der Waals surface area contributed by atoms with Crippen molar-refractivity contribution >= 4 is 22.8 Å². The molecule has 0 bridgehead atoms. The molecule has 0 aliphatic rings. The third-order valence-electron chi connectivity index (χ3n) is 5.06. The van der Waals surface area contributed by atoms with Gasteiger partial charge in [-0.1, -0.05) is 30.3 Å². The first-order chi connectivity index (χ1) is 14.5. The van der Waals surface area contributed by atoms with Crippen molar-refractivity contribution in [2.75, 3.05) is 5.43 Å². The van der Waals surface area contributed by atoms with Gasteiger partial charge >= 0.3 is 0 Å². The van der Waals surface area contributed by atoms with Gasteiger partial charge in [-0.05, 0) is 44.5 Å². The highest BCUT2D eigenvalue weighted by Crippen LogP contribution is 2.17. The number of amides is 1. The summed E-state index contributed by atoms with van der Waals surface area (Å²) in [6.45, 7) is 6.10. The third kappa shape index (κ3) is 3.32. The average Bonchev–Trinajstić information content (AvgIpc) is 3.13. The molecule has 0 unspecified atom stereocenters. The van der Waals surface area contributed by atoms with Crippen LogP contribution >= 0.6 is 0 Å². The molecule has 2 aromatic heterocycles. The Labute approximate surface area is 173 Å². The van der Waals surface area contributed by atoms with E-state index in [4.69, 9.17) is 0 Å². The molecule has 0 atom stereocenters. The van der Waals surface area contributed by atoms with Gasteiger partial charge in [-0.15, -0.1) is 0 Å². The van der Waals surface area contributed by atoms with Crippen LogP contribution in [-0.4, -0.2) is 25.2 Å². The maximum atomic E-state index is 12.8. The molecule has 4 aromatic rings. The molecule has 0 saturated carbocycles. The predicted octanol–water partition coefficient (Wildman–Crippen LogP) is 2.98. The number of benzene rings is 2. The van der Waals surface area contributed by atoms with Crippen LogP contribution < -0.4 is 16.4 Å². The quantitative estimate of drug-likeness (QED) is 0.501. The van der Waals surface area contributed by atoms with Gasteiger partial charge in [0, 0.05) is 6.54 Å². The minimum absolute atomic E-state index is 0.164. The standard InChI is InChI=1S/C22H22N6O2/c1-4-27-21(30)16-10-6-7-11-18(16)24-22(27)26-25-20(29)17-13-23-28(15(17)3)19-12-8-5-9-14(19)2/h5-13H,4H2,1-3H3,(H,24,26)(H,25,29). The number of aryl methyl sites for hydroxylation is 1. The normalized spacial score (nSPS) is 10.9. The van der Waals surface area contributed by atoms with Gasteiger partial charge in [-0.2, -0.15) is 5.10 Å². The summed E-state index contributed by atoms with van der Waals surface area (Å²) >= 11 is 0. The van der Waals surface area contributed by atoms with Crippen molar-refractivity contribution in [1.82, 2.24) is 24.8 Å². The van der Waals surface area contributed by atoms with Gasteiger partial charge in [-0.25, -0.2) is 9.67 Å². The van der Waals surface area contributed by atoms with Crippen molar-refractivity contribution in [2.45, 2.75) is 27.3 Å². The largest absolute Gasteiger partial charge is 0.277 e. The summed E-state index contributed by atoms with van der Waals surface area (Å²) in [5, 5.41) is 4.90. The molecular formula is C22H22N6O2. The highest BCUT2D eigenvalue weighted by molar-refractivity contribution is 5.95. The van der Waals surface area contributed by atoms with Crippen LogP contribution in [0.4, 0.5) is 5.95 Å². The number of fused-ring (bicyclic) bond motifs is 1. The first-order valence-electron chi connectivity index (χ1n) is 9.67. The average molecular weight is 402 g/mol. The predicted molar refractivity (Wildman–Crippen MR) is 116 cm³/mol. The molecule has 0 spiro atoms. The van der Waals surface area contributed by atoms with Gasteiger partial charge < -0.3 is 0 Å². The van der Waals surface area contributed by atoms with Crippen LogP contribution in [0.15, 0.2) is 59.5 Å². The lowest BCUT2D eigenvalue weighted by molar-refractivity contribution is 0.0961. The van der Waals surface area contributed by atoms with E-state index in [0.717, 1.165) is 11.3 Å². The number of carbonyl (C=O) groups is 1. The van der Waals surface area contributed by atoms with E-state index in [9.17, 15) is 9.59 Å². The Hall–Kier alpha value is -3.94. The first-order valence-corrected chi connectivity index (χ1v) is 9.67. The summed E-state index contributed by atoms with van der Waals surface area (Å²) in [5.74, 6) is -0.0871. The minimum atomic E-state index is -0.364. The second kappa shape index (κ2) is 7.82. The van der Waals surface area contributed by atoms with E-state index in [1.165, 1.54) is 10.8 Å². The molecule has 8 heteroatoms. The Kier molecular flexibility index (Phi) is 5.05. The Balaban J connectivity index is 1.61. The number of para-hydroxylation sites is 2. The first kappa shape index (κ1) is 19.4. The SMILES string of the molecule is CCn1c(NNC(=O)c2cnn(-c3ccccc3C)c2C)nc2ccccc2c1=O. The third-order valence-corrected chi connectivity index (χ3v) is 5.06. The van der Waals surface area contributed by atoms with Crippen molar-refractivity contribution in [3.63, 3.8) is 0 Å². The van der Waals surface area contributed by atoms with Crippen molar-refractivity contribution in [1.29, 1.82) is 0 Å². The van der Waals surface area contributed by atoms with Crippen molar-refractivity contribution in [2.24, 2.45) is 0 Å². The van der Waals surface area contributed by atoms with Crippen molar-refractivity contribution < 1.29 is 4.79 Å². The summed E-state index contributed by atoms with van der Waals surface area (Å²) in [5.41, 5.74) is 8.95. The van der Waals surface area contributed by atoms with Crippen LogP contribution in [0.25, 0.3) is 16.6 Å². The van der Waals surface area contributed by atoms with Crippen LogP contribution in [0.3, 0.4) is 0 Å². The molecule has 0 saturated heterocycles. The van der Waals surface area contributed by atoms with E-state index in [1.807, 2.05) is 51.1 Å². The zero-order valence-electron chi connectivity index (χ0n) is 17.0. The van der Waals surface area contributed by atoms with Gasteiger partial charge in [-0.3, -0.25) is 25.0 Å². The monoisotopic (exact) mass is 402 g/mol. The maximum Gasteiger partial charge on any atom is 0.273 e. The van der Waals surface area contributed by atoms with E-state index in [-0.39, 0.29) is 17.4 Å². The zero-order chi connectivity index (χ0) is 21.3. The highest BCUT2D eigenvalue weighted by atomic mass is 16.2. The molecular weight excluding hydrogens is 380 g/mol. The second-order valence-corrected chi connectivity index (χ2v) is 6.92. The van der Waals surface area contributed by atoms with E-state index < -0.39 is 0 Å². The molecule has 2 N–H and O–H groups in total. The number of hydrogen-bond donors (Lipinski definition) is 2. The molecule has 4 rings (SSSR count). The lowest BCUT2D eigenvalue weighted by atomic mass is 10.2. The molecule has 2 aromatic carbocycles. The van der Waals surface area contributed by atoms with Crippen molar-refractivity contribution in [3.05, 3.63) is 81.9 Å². The van der Waals surface area contributed by atoms with E-state index in [1.54, 1.807) is 22.9 Å². The van der Waals surface area contributed by atoms with Gasteiger partial charge in [0.1, 0.15) is 0 Å². The molecule has 8 nitrogen and oxygen atoms in total. The van der Waals surface area contributed by atoms with Crippen LogP contribution in [0.2, 0.25) is 0 Å². The number of rotatable bonds is 5. The number of hydrazine groups is 1. The second-order valence-electron chi connectivity index (χ2n) is 6.92. The van der Waals surface area contributed by atoms with E-state index in [0.29, 0.717) is 28.7 Å². The lowest BCUT2D eigenvalue weighted by Crippen LogP contribution is -2.34. The Morgan fingerprint density at radius 3 is 2.57 bits per heavy atom. The Morgan fingerprint density at radius 2 is 1.80 bits per heavy atom. The molecule has 0 fully saturated rings. The summed E-state index contributed by atoms with van der Waals surface area (Å²) in [6.07, 6.45) is 1.53. The fraction of sp³-hybridized carbons (Fsp3) is 0.182. The molecule has 1 amide bonds. The smallest absolute Gasteiger partial charge is 0.273 e. The zero-order valence-corrected chi connectivity index (χ0v) is 17.0. The fourth-order valence-electron chi connectivity index (χ4n) is 3.41. The number of carbonyl (C=O) groups excluding carboxylic acids is 1. The van der Waals surface area contributed by atoms with E-state index in [2.05, 4.69) is 20.9 Å². The summed E-state index contributed by atoms with van der Waals surface area (Å²) in [6, 6.07) is 15.0. The molecule has 0 aliphatic heterocycles. The summed E-state index contributed by atoms with van der Waals surface area (Å²) in [4.78, 5) is 29.9. The number of aromatic nitrogens is 4. The minimum Gasteiger partial charge on any atom is -0.277 e. The van der Waals surface area contributed by atoms with Crippen LogP contribution in [0, 0.1) is 13.8 Å². The van der Waals surface area contributed by atoms with Crippen LogP contribution in [-0.2, 0) is 6.54 Å². The van der Waals surface area contributed by atoms with E-state index >= 15 is 0 Å². The van der Waals surface area contributed by atoms with Crippen molar-refractivity contribution in [3.8, 4) is 5.69 Å². The van der Waals surface area contributed by atoms with Gasteiger partial charge in [0.05, 0.1) is 34.0 Å². The van der Waals surface area contributed by atoms with Gasteiger partial charge in [0.15, 0.2) is 0 Å².